The van der Waals surface area contributed by atoms with Gasteiger partial charge in [-0.25, -0.2) is 4.79 Å². The number of rotatable bonds is 8. The van der Waals surface area contributed by atoms with Crippen molar-refractivity contribution >= 4 is 23.3 Å². The molecule has 1 aliphatic rings. The molecule has 0 radical (unpaired) electrons. The van der Waals surface area contributed by atoms with Gasteiger partial charge in [0, 0.05) is 24.4 Å². The van der Waals surface area contributed by atoms with Crippen molar-refractivity contribution < 1.29 is 19.2 Å². The van der Waals surface area contributed by atoms with Gasteiger partial charge in [0.25, 0.3) is 11.6 Å². The van der Waals surface area contributed by atoms with Gasteiger partial charge in [-0.05, 0) is 37.3 Å². The standard InChI is InChI=1S/C22H22N4O5/c23-15-22(10-4-5-11-22)25-20(27)14-31-21(28)18-12-17(26(29)30)8-9-19(18)24-13-16-6-2-1-3-7-16/h1-3,6-9,12,24H,4-5,10-11,13-14H2,(H,25,27). The number of ether oxygens (including phenoxy) is 1. The summed E-state index contributed by atoms with van der Waals surface area (Å²) in [6, 6.07) is 15.4. The molecule has 0 bridgehead atoms. The molecule has 1 saturated carbocycles. The number of carbonyl (C=O) groups is 2. The molecular weight excluding hydrogens is 400 g/mol. The SMILES string of the molecule is N#CC1(NC(=O)COC(=O)c2cc([N+](=O)[O-])ccc2NCc2ccccc2)CCCC1. The number of esters is 1. The van der Waals surface area contributed by atoms with Crippen LogP contribution >= 0.6 is 0 Å². The molecule has 1 fully saturated rings. The average molecular weight is 422 g/mol. The first-order valence-electron chi connectivity index (χ1n) is 9.88. The molecule has 2 N–H and O–H groups in total. The van der Waals surface area contributed by atoms with Crippen LogP contribution in [-0.2, 0) is 16.1 Å². The summed E-state index contributed by atoms with van der Waals surface area (Å²) in [6.07, 6.45) is 2.80. The van der Waals surface area contributed by atoms with E-state index in [1.54, 1.807) is 0 Å². The summed E-state index contributed by atoms with van der Waals surface area (Å²) in [5.41, 5.74) is 0.0733. The van der Waals surface area contributed by atoms with Crippen LogP contribution in [0.3, 0.4) is 0 Å². The molecule has 9 heteroatoms. The van der Waals surface area contributed by atoms with E-state index < -0.39 is 28.9 Å². The molecule has 0 atom stereocenters. The van der Waals surface area contributed by atoms with E-state index in [4.69, 9.17) is 4.74 Å². The molecule has 1 amide bonds. The molecule has 2 aromatic rings. The number of nitrogens with zero attached hydrogens (tertiary/aromatic N) is 2. The third-order valence-corrected chi connectivity index (χ3v) is 5.14. The first kappa shape index (κ1) is 21.8. The van der Waals surface area contributed by atoms with Crippen molar-refractivity contribution in [1.29, 1.82) is 5.26 Å². The van der Waals surface area contributed by atoms with Crippen LogP contribution in [0.25, 0.3) is 0 Å². The number of hydrogen-bond donors (Lipinski definition) is 2. The minimum Gasteiger partial charge on any atom is -0.452 e. The number of nitriles is 1. The Morgan fingerprint density at radius 1 is 1.16 bits per heavy atom. The number of non-ortho nitro benzene ring substituents is 1. The van der Waals surface area contributed by atoms with Gasteiger partial charge in [0.2, 0.25) is 0 Å². The van der Waals surface area contributed by atoms with Crippen LogP contribution < -0.4 is 10.6 Å². The fraction of sp³-hybridized carbons (Fsp3) is 0.318. The van der Waals surface area contributed by atoms with Crippen LogP contribution in [0.2, 0.25) is 0 Å². The predicted molar refractivity (Wildman–Crippen MR) is 112 cm³/mol. The van der Waals surface area contributed by atoms with Crippen molar-refractivity contribution in [3.8, 4) is 6.07 Å². The molecule has 160 valence electrons. The number of nitrogens with one attached hydrogen (secondary N) is 2. The second-order valence-corrected chi connectivity index (χ2v) is 7.35. The number of amides is 1. The summed E-state index contributed by atoms with van der Waals surface area (Å²) in [4.78, 5) is 35.3. The lowest BCUT2D eigenvalue weighted by molar-refractivity contribution is -0.384. The second-order valence-electron chi connectivity index (χ2n) is 7.35. The van der Waals surface area contributed by atoms with Crippen molar-refractivity contribution in [2.75, 3.05) is 11.9 Å². The smallest absolute Gasteiger partial charge is 0.341 e. The second kappa shape index (κ2) is 9.71. The van der Waals surface area contributed by atoms with Crippen LogP contribution in [-0.4, -0.2) is 28.9 Å². The lowest BCUT2D eigenvalue weighted by atomic mass is 10.00. The summed E-state index contributed by atoms with van der Waals surface area (Å²) >= 11 is 0. The largest absolute Gasteiger partial charge is 0.452 e. The molecule has 9 nitrogen and oxygen atoms in total. The van der Waals surface area contributed by atoms with Crippen molar-refractivity contribution in [3.05, 3.63) is 69.8 Å². The summed E-state index contributed by atoms with van der Waals surface area (Å²) in [5.74, 6) is -1.45. The fourth-order valence-electron chi connectivity index (χ4n) is 3.52. The van der Waals surface area contributed by atoms with Crippen molar-refractivity contribution in [3.63, 3.8) is 0 Å². The molecule has 0 spiro atoms. The van der Waals surface area contributed by atoms with Gasteiger partial charge in [-0.2, -0.15) is 5.26 Å². The average Bonchev–Trinajstić information content (AvgIpc) is 3.25. The number of anilines is 1. The van der Waals surface area contributed by atoms with Crippen LogP contribution in [0, 0.1) is 21.4 Å². The Hall–Kier alpha value is -3.93. The molecule has 0 aliphatic heterocycles. The summed E-state index contributed by atoms with van der Waals surface area (Å²) in [5, 5.41) is 26.2. The highest BCUT2D eigenvalue weighted by molar-refractivity contribution is 5.97. The van der Waals surface area contributed by atoms with E-state index in [9.17, 15) is 25.0 Å². The summed E-state index contributed by atoms with van der Waals surface area (Å²) in [6.45, 7) is -0.187. The maximum Gasteiger partial charge on any atom is 0.341 e. The molecule has 31 heavy (non-hydrogen) atoms. The Morgan fingerprint density at radius 3 is 2.52 bits per heavy atom. The first-order chi connectivity index (χ1) is 14.9. The number of carbonyl (C=O) groups excluding carboxylic acids is 2. The summed E-state index contributed by atoms with van der Waals surface area (Å²) < 4.78 is 5.09. The molecule has 0 heterocycles. The predicted octanol–water partition coefficient (Wildman–Crippen LogP) is 3.32. The number of nitro groups is 1. The summed E-state index contributed by atoms with van der Waals surface area (Å²) in [7, 11) is 0. The van der Waals surface area contributed by atoms with Gasteiger partial charge in [-0.1, -0.05) is 30.3 Å². The molecule has 0 unspecified atom stereocenters. The Bertz CT molecular complexity index is 1010. The van der Waals surface area contributed by atoms with E-state index in [1.165, 1.54) is 12.1 Å². The topological polar surface area (TPSA) is 134 Å². The Labute approximate surface area is 179 Å². The van der Waals surface area contributed by atoms with Gasteiger partial charge in [0.1, 0.15) is 5.54 Å². The normalized spacial score (nSPS) is 14.3. The minimum atomic E-state index is -0.919. The van der Waals surface area contributed by atoms with Gasteiger partial charge in [-0.15, -0.1) is 0 Å². The number of benzene rings is 2. The highest BCUT2D eigenvalue weighted by Gasteiger charge is 2.35. The third-order valence-electron chi connectivity index (χ3n) is 5.14. The Kier molecular flexibility index (Phi) is 6.82. The molecular formula is C22H22N4O5. The highest BCUT2D eigenvalue weighted by Crippen LogP contribution is 2.29. The van der Waals surface area contributed by atoms with Crippen molar-refractivity contribution in [2.45, 2.75) is 37.8 Å². The van der Waals surface area contributed by atoms with Gasteiger partial charge >= 0.3 is 5.97 Å². The van der Waals surface area contributed by atoms with Gasteiger partial charge in [0.05, 0.1) is 16.6 Å². The van der Waals surface area contributed by atoms with Gasteiger partial charge in [-0.3, -0.25) is 14.9 Å². The maximum absolute atomic E-state index is 12.6. The first-order valence-corrected chi connectivity index (χ1v) is 9.88. The lowest BCUT2D eigenvalue weighted by Crippen LogP contribution is -2.46. The van der Waals surface area contributed by atoms with Crippen LogP contribution in [0.5, 0.6) is 0 Å². The number of hydrogen-bond acceptors (Lipinski definition) is 7. The van der Waals surface area contributed by atoms with E-state index in [2.05, 4.69) is 16.7 Å². The zero-order valence-electron chi connectivity index (χ0n) is 16.8. The monoisotopic (exact) mass is 422 g/mol. The van der Waals surface area contributed by atoms with Gasteiger partial charge in [0.15, 0.2) is 6.61 Å². The molecule has 3 rings (SSSR count). The van der Waals surface area contributed by atoms with Crippen molar-refractivity contribution in [2.24, 2.45) is 0 Å². The van der Waals surface area contributed by atoms with Crippen LogP contribution in [0.1, 0.15) is 41.6 Å². The van der Waals surface area contributed by atoms with Crippen molar-refractivity contribution in [1.82, 2.24) is 5.32 Å². The Morgan fingerprint density at radius 2 is 1.87 bits per heavy atom. The molecule has 0 saturated heterocycles. The lowest BCUT2D eigenvalue weighted by Gasteiger charge is -2.21. The minimum absolute atomic E-state index is 0.0474. The van der Waals surface area contributed by atoms with E-state index in [-0.39, 0.29) is 11.3 Å². The molecule has 2 aromatic carbocycles. The molecule has 0 aromatic heterocycles. The zero-order chi connectivity index (χ0) is 22.3. The zero-order valence-corrected chi connectivity index (χ0v) is 16.8. The van der Waals surface area contributed by atoms with Crippen LogP contribution in [0.15, 0.2) is 48.5 Å². The van der Waals surface area contributed by atoms with Gasteiger partial charge < -0.3 is 15.4 Å². The molecule has 1 aliphatic carbocycles. The van der Waals surface area contributed by atoms with E-state index >= 15 is 0 Å². The van der Waals surface area contributed by atoms with E-state index in [0.717, 1.165) is 24.5 Å². The fourth-order valence-corrected chi connectivity index (χ4v) is 3.52. The number of nitro benzene ring substituents is 1. The van der Waals surface area contributed by atoms with E-state index in [1.807, 2.05) is 30.3 Å². The third kappa shape index (κ3) is 5.57. The van der Waals surface area contributed by atoms with Crippen LogP contribution in [0.4, 0.5) is 11.4 Å². The van der Waals surface area contributed by atoms with E-state index in [0.29, 0.717) is 25.1 Å². The Balaban J connectivity index is 1.69. The highest BCUT2D eigenvalue weighted by atomic mass is 16.6. The maximum atomic E-state index is 12.6. The quantitative estimate of drug-likeness (QED) is 0.378.